The van der Waals surface area contributed by atoms with Crippen LogP contribution in [0.2, 0.25) is 5.02 Å². The fourth-order valence-corrected chi connectivity index (χ4v) is 2.56. The van der Waals surface area contributed by atoms with Crippen molar-refractivity contribution in [3.8, 4) is 11.4 Å². The molecule has 0 aliphatic carbocycles. The molecule has 3 rings (SSSR count). The standard InChI is InChI=1S/C18H18ClN5O2/c1-11-8-16(9-12(2)17(11)19)26-13(3)18(25)21-14-4-6-15(7-5-14)24-10-20-22-23-24/h4-10,13H,1-3H3,(H,21,25)/t13-/m0/s1. The summed E-state index contributed by atoms with van der Waals surface area (Å²) < 4.78 is 7.28. The number of nitrogens with one attached hydrogen (secondary N) is 1. The third-order valence-electron chi connectivity index (χ3n) is 3.84. The van der Waals surface area contributed by atoms with Gasteiger partial charge in [-0.3, -0.25) is 4.79 Å². The fourth-order valence-electron chi connectivity index (χ4n) is 2.45. The molecule has 2 aromatic carbocycles. The lowest BCUT2D eigenvalue weighted by Crippen LogP contribution is -2.30. The van der Waals surface area contributed by atoms with Crippen LogP contribution in [-0.4, -0.2) is 32.2 Å². The summed E-state index contributed by atoms with van der Waals surface area (Å²) in [6.07, 6.45) is 0.841. The molecule has 0 spiro atoms. The second kappa shape index (κ2) is 7.53. The Hall–Kier alpha value is -2.93. The van der Waals surface area contributed by atoms with Gasteiger partial charge in [0.05, 0.1) is 5.69 Å². The number of hydrogen-bond donors (Lipinski definition) is 1. The number of amides is 1. The van der Waals surface area contributed by atoms with Crippen molar-refractivity contribution in [2.75, 3.05) is 5.32 Å². The summed E-state index contributed by atoms with van der Waals surface area (Å²) in [5, 5.41) is 14.5. The first-order chi connectivity index (χ1) is 12.4. The summed E-state index contributed by atoms with van der Waals surface area (Å²) >= 11 is 6.16. The van der Waals surface area contributed by atoms with E-state index in [9.17, 15) is 4.79 Å². The van der Waals surface area contributed by atoms with E-state index in [1.165, 1.54) is 11.0 Å². The smallest absolute Gasteiger partial charge is 0.265 e. The lowest BCUT2D eigenvalue weighted by molar-refractivity contribution is -0.122. The van der Waals surface area contributed by atoms with Crippen LogP contribution in [0.1, 0.15) is 18.1 Å². The average Bonchev–Trinajstić information content (AvgIpc) is 3.15. The van der Waals surface area contributed by atoms with E-state index in [1.54, 1.807) is 19.1 Å². The molecule has 1 atom stereocenters. The van der Waals surface area contributed by atoms with Crippen LogP contribution in [0.3, 0.4) is 0 Å². The number of benzene rings is 2. The van der Waals surface area contributed by atoms with Crippen molar-refractivity contribution in [3.05, 3.63) is 58.9 Å². The minimum Gasteiger partial charge on any atom is -0.481 e. The van der Waals surface area contributed by atoms with E-state index in [0.717, 1.165) is 16.8 Å². The lowest BCUT2D eigenvalue weighted by atomic mass is 10.1. The van der Waals surface area contributed by atoms with Gasteiger partial charge in [0.15, 0.2) is 6.10 Å². The summed E-state index contributed by atoms with van der Waals surface area (Å²) in [6, 6.07) is 10.8. The summed E-state index contributed by atoms with van der Waals surface area (Å²) in [4.78, 5) is 12.4. The first-order valence-electron chi connectivity index (χ1n) is 8.02. The first-order valence-corrected chi connectivity index (χ1v) is 8.39. The topological polar surface area (TPSA) is 81.9 Å². The van der Waals surface area contributed by atoms with Crippen molar-refractivity contribution in [1.82, 2.24) is 20.2 Å². The van der Waals surface area contributed by atoms with Crippen LogP contribution in [0, 0.1) is 13.8 Å². The number of carbonyl (C=O) groups is 1. The minimum atomic E-state index is -0.658. The van der Waals surface area contributed by atoms with Gasteiger partial charge in [-0.1, -0.05) is 11.6 Å². The highest BCUT2D eigenvalue weighted by molar-refractivity contribution is 6.32. The molecule has 26 heavy (non-hydrogen) atoms. The Balaban J connectivity index is 1.64. The largest absolute Gasteiger partial charge is 0.481 e. The Morgan fingerprint density at radius 2 is 1.85 bits per heavy atom. The van der Waals surface area contributed by atoms with Gasteiger partial charge in [0, 0.05) is 10.7 Å². The molecule has 0 aliphatic heterocycles. The average molecular weight is 372 g/mol. The number of nitrogens with zero attached hydrogens (tertiary/aromatic N) is 4. The van der Waals surface area contributed by atoms with Gasteiger partial charge in [0.2, 0.25) is 0 Å². The third-order valence-corrected chi connectivity index (χ3v) is 4.44. The lowest BCUT2D eigenvalue weighted by Gasteiger charge is -2.16. The van der Waals surface area contributed by atoms with Crippen LogP contribution in [0.5, 0.6) is 5.75 Å². The molecule has 3 aromatic rings. The summed E-state index contributed by atoms with van der Waals surface area (Å²) in [5.41, 5.74) is 3.27. The van der Waals surface area contributed by atoms with E-state index in [-0.39, 0.29) is 5.91 Å². The maximum Gasteiger partial charge on any atom is 0.265 e. The highest BCUT2D eigenvalue weighted by Crippen LogP contribution is 2.26. The molecule has 1 amide bonds. The Kier molecular flexibility index (Phi) is 5.18. The fraction of sp³-hybridized carbons (Fsp3) is 0.222. The Morgan fingerprint density at radius 1 is 1.19 bits per heavy atom. The van der Waals surface area contributed by atoms with Crippen molar-refractivity contribution >= 4 is 23.2 Å². The molecule has 0 radical (unpaired) electrons. The number of hydrogen-bond acceptors (Lipinski definition) is 5. The van der Waals surface area contributed by atoms with Gasteiger partial charge in [-0.2, -0.15) is 0 Å². The van der Waals surface area contributed by atoms with Gasteiger partial charge in [-0.25, -0.2) is 4.68 Å². The van der Waals surface area contributed by atoms with Gasteiger partial charge >= 0.3 is 0 Å². The van der Waals surface area contributed by atoms with Crippen LogP contribution in [0.25, 0.3) is 5.69 Å². The maximum absolute atomic E-state index is 12.4. The van der Waals surface area contributed by atoms with E-state index in [2.05, 4.69) is 20.8 Å². The Bertz CT molecular complexity index is 887. The van der Waals surface area contributed by atoms with Crippen molar-refractivity contribution in [1.29, 1.82) is 0 Å². The molecule has 7 nitrogen and oxygen atoms in total. The number of tetrazole rings is 1. The molecule has 0 saturated heterocycles. The third kappa shape index (κ3) is 4.00. The number of carbonyl (C=O) groups excluding carboxylic acids is 1. The maximum atomic E-state index is 12.4. The zero-order valence-corrected chi connectivity index (χ0v) is 15.4. The first kappa shape index (κ1) is 17.9. The summed E-state index contributed by atoms with van der Waals surface area (Å²) in [6.45, 7) is 5.50. The van der Waals surface area contributed by atoms with Crippen LogP contribution in [0.4, 0.5) is 5.69 Å². The van der Waals surface area contributed by atoms with E-state index in [1.807, 2.05) is 38.1 Å². The number of halogens is 1. The highest BCUT2D eigenvalue weighted by Gasteiger charge is 2.16. The molecule has 1 aromatic heterocycles. The summed E-state index contributed by atoms with van der Waals surface area (Å²) in [7, 11) is 0. The number of ether oxygens (including phenoxy) is 1. The molecule has 134 valence electrons. The Morgan fingerprint density at radius 3 is 2.42 bits per heavy atom. The minimum absolute atomic E-state index is 0.245. The van der Waals surface area contributed by atoms with Gasteiger partial charge < -0.3 is 10.1 Å². The van der Waals surface area contributed by atoms with Gasteiger partial charge in [0.25, 0.3) is 5.91 Å². The molecule has 1 heterocycles. The molecule has 1 N–H and O–H groups in total. The highest BCUT2D eigenvalue weighted by atomic mass is 35.5. The predicted octanol–water partition coefficient (Wildman–Crippen LogP) is 3.34. The van der Waals surface area contributed by atoms with Crippen molar-refractivity contribution < 1.29 is 9.53 Å². The number of rotatable bonds is 5. The number of aromatic nitrogens is 4. The van der Waals surface area contributed by atoms with Crippen molar-refractivity contribution in [2.45, 2.75) is 26.9 Å². The Labute approximate surface area is 155 Å². The van der Waals surface area contributed by atoms with Gasteiger partial charge in [-0.05, 0) is 78.7 Å². The molecule has 0 aliphatic rings. The molecular weight excluding hydrogens is 354 g/mol. The van der Waals surface area contributed by atoms with E-state index in [4.69, 9.17) is 16.3 Å². The SMILES string of the molecule is Cc1cc(O[C@@H](C)C(=O)Nc2ccc(-n3cnnn3)cc2)cc(C)c1Cl. The zero-order valence-electron chi connectivity index (χ0n) is 14.6. The normalized spacial score (nSPS) is 11.8. The van der Waals surface area contributed by atoms with Crippen LogP contribution < -0.4 is 10.1 Å². The quantitative estimate of drug-likeness (QED) is 0.743. The molecule has 0 unspecified atom stereocenters. The molecule has 0 saturated carbocycles. The van der Waals surface area contributed by atoms with Gasteiger partial charge in [0.1, 0.15) is 12.1 Å². The van der Waals surface area contributed by atoms with Crippen LogP contribution >= 0.6 is 11.6 Å². The van der Waals surface area contributed by atoms with Crippen molar-refractivity contribution in [2.24, 2.45) is 0 Å². The molecule has 0 fully saturated rings. The van der Waals surface area contributed by atoms with Crippen molar-refractivity contribution in [3.63, 3.8) is 0 Å². The van der Waals surface area contributed by atoms with Crippen LogP contribution in [-0.2, 0) is 4.79 Å². The second-order valence-electron chi connectivity index (χ2n) is 5.92. The van der Waals surface area contributed by atoms with E-state index in [0.29, 0.717) is 16.5 Å². The van der Waals surface area contributed by atoms with Crippen LogP contribution in [0.15, 0.2) is 42.7 Å². The number of aryl methyl sites for hydroxylation is 2. The summed E-state index contributed by atoms with van der Waals surface area (Å²) in [5.74, 6) is 0.367. The predicted molar refractivity (Wildman–Crippen MR) is 98.8 cm³/mol. The zero-order chi connectivity index (χ0) is 18.7. The molecule has 0 bridgehead atoms. The van der Waals surface area contributed by atoms with E-state index >= 15 is 0 Å². The molecule has 8 heteroatoms. The monoisotopic (exact) mass is 371 g/mol. The molecular formula is C18H18ClN5O2. The van der Waals surface area contributed by atoms with E-state index < -0.39 is 6.10 Å². The number of anilines is 1. The second-order valence-corrected chi connectivity index (χ2v) is 6.30. The van der Waals surface area contributed by atoms with Gasteiger partial charge in [-0.15, -0.1) is 5.10 Å².